The van der Waals surface area contributed by atoms with E-state index in [1.807, 2.05) is 53.4 Å². The number of rotatable bonds is 6. The van der Waals surface area contributed by atoms with Gasteiger partial charge in [0.2, 0.25) is 5.91 Å². The van der Waals surface area contributed by atoms with Crippen LogP contribution in [0.15, 0.2) is 54.6 Å². The minimum atomic E-state index is -0.123. The van der Waals surface area contributed by atoms with E-state index in [1.165, 1.54) is 0 Å². The fourth-order valence-electron chi connectivity index (χ4n) is 3.25. The van der Waals surface area contributed by atoms with Crippen LogP contribution < -0.4 is 10.6 Å². The van der Waals surface area contributed by atoms with Crippen molar-refractivity contribution in [2.45, 2.75) is 26.3 Å². The van der Waals surface area contributed by atoms with Crippen LogP contribution in [0, 0.1) is 5.92 Å². The van der Waals surface area contributed by atoms with Crippen LogP contribution in [0.25, 0.3) is 0 Å². The Morgan fingerprint density at radius 2 is 1.78 bits per heavy atom. The van der Waals surface area contributed by atoms with Crippen molar-refractivity contribution in [3.8, 4) is 0 Å². The maximum Gasteiger partial charge on any atom is 0.253 e. The zero-order chi connectivity index (χ0) is 19.1. The number of likely N-dealkylation sites (tertiary alicyclic amines) is 1. The van der Waals surface area contributed by atoms with Crippen molar-refractivity contribution in [1.29, 1.82) is 0 Å². The summed E-state index contributed by atoms with van der Waals surface area (Å²) in [4.78, 5) is 26.7. The summed E-state index contributed by atoms with van der Waals surface area (Å²) in [5, 5.41) is 5.99. The summed E-state index contributed by atoms with van der Waals surface area (Å²) in [5.41, 5.74) is 2.41. The van der Waals surface area contributed by atoms with Crippen molar-refractivity contribution in [3.63, 3.8) is 0 Å². The number of piperidine rings is 1. The lowest BCUT2D eigenvalue weighted by Gasteiger charge is -2.30. The maximum absolute atomic E-state index is 12.7. The van der Waals surface area contributed by atoms with Crippen LogP contribution in [0.5, 0.6) is 0 Å². The third-order valence-corrected chi connectivity index (χ3v) is 4.92. The predicted octanol–water partition coefficient (Wildman–Crippen LogP) is 3.29. The third-order valence-electron chi connectivity index (χ3n) is 4.92. The molecule has 2 aromatic rings. The highest BCUT2D eigenvalue weighted by Crippen LogP contribution is 2.19. The van der Waals surface area contributed by atoms with Gasteiger partial charge < -0.3 is 15.5 Å². The van der Waals surface area contributed by atoms with Crippen LogP contribution in [0.2, 0.25) is 0 Å². The molecule has 1 saturated heterocycles. The highest BCUT2D eigenvalue weighted by molar-refractivity contribution is 5.97. The predicted molar refractivity (Wildman–Crippen MR) is 108 cm³/mol. The summed E-state index contributed by atoms with van der Waals surface area (Å²) in [5.74, 6) is 0.602. The second kappa shape index (κ2) is 9.33. The number of hydrogen-bond donors (Lipinski definition) is 2. The van der Waals surface area contributed by atoms with E-state index in [1.54, 1.807) is 6.07 Å². The van der Waals surface area contributed by atoms with E-state index < -0.39 is 0 Å². The lowest BCUT2D eigenvalue weighted by atomic mass is 9.98. The van der Waals surface area contributed by atoms with E-state index in [0.717, 1.165) is 31.5 Å². The summed E-state index contributed by atoms with van der Waals surface area (Å²) in [6.45, 7) is 4.70. The average molecular weight is 365 g/mol. The van der Waals surface area contributed by atoms with Crippen molar-refractivity contribution < 1.29 is 9.59 Å². The quantitative estimate of drug-likeness (QED) is 0.826. The third kappa shape index (κ3) is 5.66. The molecule has 2 amide bonds. The first-order valence-corrected chi connectivity index (χ1v) is 9.55. The Hall–Kier alpha value is -2.66. The first-order chi connectivity index (χ1) is 13.1. The zero-order valence-corrected chi connectivity index (χ0v) is 15.8. The van der Waals surface area contributed by atoms with E-state index in [4.69, 9.17) is 0 Å². The van der Waals surface area contributed by atoms with Crippen molar-refractivity contribution in [1.82, 2.24) is 10.2 Å². The number of carbonyl (C=O) groups excluding carboxylic acids is 2. The van der Waals surface area contributed by atoms with Crippen LogP contribution in [0.1, 0.15) is 35.7 Å². The number of anilines is 1. The second-order valence-electron chi connectivity index (χ2n) is 7.19. The first kappa shape index (κ1) is 19.1. The summed E-state index contributed by atoms with van der Waals surface area (Å²) in [6.07, 6.45) is 2.10. The number of carbonyl (C=O) groups is 2. The van der Waals surface area contributed by atoms with Crippen LogP contribution in [-0.2, 0) is 11.3 Å². The minimum absolute atomic E-state index is 0.0419. The fraction of sp³-hybridized carbons (Fsp3) is 0.364. The van der Waals surface area contributed by atoms with E-state index in [-0.39, 0.29) is 18.4 Å². The minimum Gasteiger partial charge on any atom is -0.339 e. The van der Waals surface area contributed by atoms with Crippen LogP contribution in [0.3, 0.4) is 0 Å². The van der Waals surface area contributed by atoms with Gasteiger partial charge in [-0.15, -0.1) is 0 Å². The Labute approximate surface area is 160 Å². The highest BCUT2D eigenvalue weighted by atomic mass is 16.2. The van der Waals surface area contributed by atoms with Crippen molar-refractivity contribution >= 4 is 17.5 Å². The molecule has 2 aromatic carbocycles. The molecule has 0 spiro atoms. The standard InChI is InChI=1S/C22H27N3O2/c1-17-10-12-25(13-11-17)22(27)19-8-5-9-20(14-19)24-21(26)16-23-15-18-6-3-2-4-7-18/h2-9,14,17,23H,10-13,15-16H2,1H3,(H,24,26). The van der Waals surface area contributed by atoms with Gasteiger partial charge in [-0.2, -0.15) is 0 Å². The molecule has 0 aromatic heterocycles. The molecule has 5 nitrogen and oxygen atoms in total. The Kier molecular flexibility index (Phi) is 6.60. The lowest BCUT2D eigenvalue weighted by Crippen LogP contribution is -2.37. The molecule has 1 heterocycles. The monoisotopic (exact) mass is 365 g/mol. The van der Waals surface area contributed by atoms with Gasteiger partial charge >= 0.3 is 0 Å². The summed E-state index contributed by atoms with van der Waals surface area (Å²) in [6, 6.07) is 17.1. The summed E-state index contributed by atoms with van der Waals surface area (Å²) in [7, 11) is 0. The normalized spacial score (nSPS) is 14.8. The molecule has 0 bridgehead atoms. The van der Waals surface area contributed by atoms with Crippen LogP contribution >= 0.6 is 0 Å². The molecule has 0 radical (unpaired) electrons. The van der Waals surface area contributed by atoms with Gasteiger partial charge in [0.1, 0.15) is 0 Å². The van der Waals surface area contributed by atoms with E-state index >= 15 is 0 Å². The van der Waals surface area contributed by atoms with Gasteiger partial charge in [-0.1, -0.05) is 43.3 Å². The van der Waals surface area contributed by atoms with Gasteiger partial charge in [-0.3, -0.25) is 9.59 Å². The molecule has 0 atom stereocenters. The topological polar surface area (TPSA) is 61.4 Å². The maximum atomic E-state index is 12.7. The Bertz CT molecular complexity index is 768. The van der Waals surface area contributed by atoms with Gasteiger partial charge in [-0.25, -0.2) is 0 Å². The van der Waals surface area contributed by atoms with Gasteiger partial charge in [0.25, 0.3) is 5.91 Å². The Morgan fingerprint density at radius 3 is 2.52 bits per heavy atom. The molecule has 0 aliphatic carbocycles. The molecule has 1 fully saturated rings. The Morgan fingerprint density at radius 1 is 1.04 bits per heavy atom. The lowest BCUT2D eigenvalue weighted by molar-refractivity contribution is -0.115. The fourth-order valence-corrected chi connectivity index (χ4v) is 3.25. The number of benzene rings is 2. The molecule has 5 heteroatoms. The van der Waals surface area contributed by atoms with Gasteiger partial charge in [-0.05, 0) is 42.5 Å². The van der Waals surface area contributed by atoms with Crippen molar-refractivity contribution in [3.05, 3.63) is 65.7 Å². The van der Waals surface area contributed by atoms with Crippen molar-refractivity contribution in [2.75, 3.05) is 25.0 Å². The SMILES string of the molecule is CC1CCN(C(=O)c2cccc(NC(=O)CNCc3ccccc3)c2)CC1. The number of nitrogens with zero attached hydrogens (tertiary/aromatic N) is 1. The number of nitrogens with one attached hydrogen (secondary N) is 2. The smallest absolute Gasteiger partial charge is 0.253 e. The molecule has 2 N–H and O–H groups in total. The van der Waals surface area contributed by atoms with E-state index in [0.29, 0.717) is 23.7 Å². The first-order valence-electron chi connectivity index (χ1n) is 9.55. The Balaban J connectivity index is 1.51. The summed E-state index contributed by atoms with van der Waals surface area (Å²) < 4.78 is 0. The second-order valence-corrected chi connectivity index (χ2v) is 7.19. The largest absolute Gasteiger partial charge is 0.339 e. The van der Waals surface area contributed by atoms with E-state index in [9.17, 15) is 9.59 Å². The molecule has 0 unspecified atom stereocenters. The highest BCUT2D eigenvalue weighted by Gasteiger charge is 2.21. The molecule has 1 aliphatic heterocycles. The van der Waals surface area contributed by atoms with Gasteiger partial charge in [0, 0.05) is 30.9 Å². The average Bonchev–Trinajstić information content (AvgIpc) is 2.69. The summed E-state index contributed by atoms with van der Waals surface area (Å²) >= 11 is 0. The number of hydrogen-bond acceptors (Lipinski definition) is 3. The molecule has 0 saturated carbocycles. The molecular formula is C22H27N3O2. The van der Waals surface area contributed by atoms with Crippen molar-refractivity contribution in [2.24, 2.45) is 5.92 Å². The van der Waals surface area contributed by atoms with Crippen LogP contribution in [-0.4, -0.2) is 36.3 Å². The van der Waals surface area contributed by atoms with Gasteiger partial charge in [0.15, 0.2) is 0 Å². The molecule has 3 rings (SSSR count). The van der Waals surface area contributed by atoms with E-state index in [2.05, 4.69) is 17.6 Å². The molecule has 1 aliphatic rings. The number of amides is 2. The van der Waals surface area contributed by atoms with Crippen LogP contribution in [0.4, 0.5) is 5.69 Å². The molecule has 142 valence electrons. The molecular weight excluding hydrogens is 338 g/mol. The molecule has 27 heavy (non-hydrogen) atoms. The zero-order valence-electron chi connectivity index (χ0n) is 15.8. The van der Waals surface area contributed by atoms with Gasteiger partial charge in [0.05, 0.1) is 6.54 Å².